The molecule has 2 aromatic rings. The van der Waals surface area contributed by atoms with Crippen molar-refractivity contribution in [3.63, 3.8) is 0 Å². The Bertz CT molecular complexity index is 713. The van der Waals surface area contributed by atoms with Gasteiger partial charge in [-0.3, -0.25) is 0 Å². The van der Waals surface area contributed by atoms with Crippen LogP contribution in [0, 0.1) is 0 Å². The van der Waals surface area contributed by atoms with Crippen molar-refractivity contribution in [1.29, 1.82) is 0 Å². The van der Waals surface area contributed by atoms with Gasteiger partial charge in [-0.15, -0.1) is 0 Å². The summed E-state index contributed by atoms with van der Waals surface area (Å²) in [5.74, 6) is 0. The Morgan fingerprint density at radius 2 is 1.71 bits per heavy atom. The first-order chi connectivity index (χ1) is 11.6. The van der Waals surface area contributed by atoms with Crippen molar-refractivity contribution in [2.24, 2.45) is 5.16 Å². The second-order valence-corrected chi connectivity index (χ2v) is 5.75. The number of hydrogen-bond acceptors (Lipinski definition) is 3. The Morgan fingerprint density at radius 1 is 1.04 bits per heavy atom. The molecule has 0 bridgehead atoms. The fraction of sp³-hybridized carbons (Fsp3) is 0.190. The van der Waals surface area contributed by atoms with E-state index in [0.29, 0.717) is 0 Å². The van der Waals surface area contributed by atoms with Crippen LogP contribution in [0.25, 0.3) is 11.6 Å². The molecular formula is C21H24N2O. The lowest BCUT2D eigenvalue weighted by Crippen LogP contribution is -2.10. The van der Waals surface area contributed by atoms with E-state index in [4.69, 9.17) is 4.84 Å². The molecule has 24 heavy (non-hydrogen) atoms. The van der Waals surface area contributed by atoms with Crippen LogP contribution in [0.5, 0.6) is 0 Å². The summed E-state index contributed by atoms with van der Waals surface area (Å²) in [5, 5.41) is 4.18. The molecule has 3 nitrogen and oxygen atoms in total. The van der Waals surface area contributed by atoms with Crippen LogP contribution >= 0.6 is 0 Å². The van der Waals surface area contributed by atoms with Gasteiger partial charge in [-0.25, -0.2) is 0 Å². The van der Waals surface area contributed by atoms with Crippen molar-refractivity contribution in [2.75, 3.05) is 27.7 Å². The lowest BCUT2D eigenvalue weighted by atomic mass is 9.97. The molecule has 0 atom stereocenters. The van der Waals surface area contributed by atoms with E-state index in [0.717, 1.165) is 34.5 Å². The Hall–Kier alpha value is -2.65. The largest absolute Gasteiger partial charge is 0.399 e. The molecule has 0 aromatic heterocycles. The predicted molar refractivity (Wildman–Crippen MR) is 103 cm³/mol. The van der Waals surface area contributed by atoms with E-state index in [2.05, 4.69) is 55.0 Å². The molecule has 0 aliphatic carbocycles. The minimum absolute atomic E-state index is 0.743. The molecule has 0 saturated heterocycles. The van der Waals surface area contributed by atoms with E-state index in [-0.39, 0.29) is 0 Å². The molecule has 0 heterocycles. The zero-order valence-electron chi connectivity index (χ0n) is 14.6. The average Bonchev–Trinajstić information content (AvgIpc) is 2.60. The van der Waals surface area contributed by atoms with Gasteiger partial charge in [0.25, 0.3) is 0 Å². The SMILES string of the molecule is C=C(C(=NOC)c1ccc(/C=C/CN(C)C)cc1)c1ccccc1. The highest BCUT2D eigenvalue weighted by molar-refractivity contribution is 6.31. The van der Waals surface area contributed by atoms with Gasteiger partial charge in [-0.1, -0.05) is 78.5 Å². The molecule has 0 fully saturated rings. The molecule has 0 aliphatic rings. The minimum Gasteiger partial charge on any atom is -0.399 e. The van der Waals surface area contributed by atoms with Crippen LogP contribution < -0.4 is 0 Å². The minimum atomic E-state index is 0.743. The Kier molecular flexibility index (Phi) is 6.52. The predicted octanol–water partition coefficient (Wildman–Crippen LogP) is 4.33. The topological polar surface area (TPSA) is 24.8 Å². The number of hydrogen-bond donors (Lipinski definition) is 0. The first kappa shape index (κ1) is 17.7. The zero-order chi connectivity index (χ0) is 17.4. The molecule has 0 unspecified atom stereocenters. The summed E-state index contributed by atoms with van der Waals surface area (Å²) in [4.78, 5) is 7.15. The number of likely N-dealkylation sites (N-methyl/N-ethyl adjacent to an activating group) is 1. The molecule has 0 spiro atoms. The van der Waals surface area contributed by atoms with Crippen molar-refractivity contribution < 1.29 is 4.84 Å². The van der Waals surface area contributed by atoms with E-state index in [1.54, 1.807) is 7.11 Å². The first-order valence-electron chi connectivity index (χ1n) is 7.89. The van der Waals surface area contributed by atoms with Crippen LogP contribution in [0.1, 0.15) is 16.7 Å². The van der Waals surface area contributed by atoms with Crippen LogP contribution in [-0.4, -0.2) is 38.4 Å². The third-order valence-corrected chi connectivity index (χ3v) is 3.56. The first-order valence-corrected chi connectivity index (χ1v) is 7.89. The molecule has 3 heteroatoms. The summed E-state index contributed by atoms with van der Waals surface area (Å²) in [6.07, 6.45) is 4.25. The summed E-state index contributed by atoms with van der Waals surface area (Å²) in [7, 11) is 5.66. The maximum Gasteiger partial charge on any atom is 0.117 e. The highest BCUT2D eigenvalue weighted by atomic mass is 16.6. The fourth-order valence-electron chi connectivity index (χ4n) is 2.30. The van der Waals surface area contributed by atoms with Gasteiger partial charge in [-0.05, 0) is 25.2 Å². The molecule has 0 saturated carbocycles. The van der Waals surface area contributed by atoms with Gasteiger partial charge in [0, 0.05) is 17.7 Å². The maximum absolute atomic E-state index is 5.03. The summed E-state index contributed by atoms with van der Waals surface area (Å²) in [6.45, 7) is 5.10. The maximum atomic E-state index is 5.03. The lowest BCUT2D eigenvalue weighted by molar-refractivity contribution is 0.214. The Balaban J connectivity index is 2.22. The van der Waals surface area contributed by atoms with Crippen molar-refractivity contribution in [2.45, 2.75) is 0 Å². The standard InChI is InChI=1S/C21H24N2O/c1-17(19-10-6-5-7-11-19)21(22-24-4)20-14-12-18(13-15-20)9-8-16-23(2)3/h5-15H,1,16H2,2-4H3/b9-8+,22-21?. The second kappa shape index (κ2) is 8.85. The third kappa shape index (κ3) is 4.93. The van der Waals surface area contributed by atoms with E-state index in [9.17, 15) is 0 Å². The van der Waals surface area contributed by atoms with Gasteiger partial charge in [0.1, 0.15) is 12.8 Å². The number of benzene rings is 2. The van der Waals surface area contributed by atoms with Crippen molar-refractivity contribution in [3.05, 3.63) is 83.9 Å². The molecule has 124 valence electrons. The van der Waals surface area contributed by atoms with Crippen molar-refractivity contribution in [3.8, 4) is 0 Å². The van der Waals surface area contributed by atoms with Gasteiger partial charge in [0.2, 0.25) is 0 Å². The summed E-state index contributed by atoms with van der Waals surface area (Å²) < 4.78 is 0. The summed E-state index contributed by atoms with van der Waals surface area (Å²) >= 11 is 0. The van der Waals surface area contributed by atoms with E-state index >= 15 is 0 Å². The molecule has 2 aromatic carbocycles. The van der Waals surface area contributed by atoms with Crippen molar-refractivity contribution in [1.82, 2.24) is 4.90 Å². The lowest BCUT2D eigenvalue weighted by Gasteiger charge is -2.10. The molecular weight excluding hydrogens is 296 g/mol. The second-order valence-electron chi connectivity index (χ2n) is 5.75. The van der Waals surface area contributed by atoms with Crippen LogP contribution in [-0.2, 0) is 4.84 Å². The highest BCUT2D eigenvalue weighted by Crippen LogP contribution is 2.20. The smallest absolute Gasteiger partial charge is 0.117 e. The third-order valence-electron chi connectivity index (χ3n) is 3.56. The Morgan fingerprint density at radius 3 is 2.29 bits per heavy atom. The molecule has 0 amide bonds. The van der Waals surface area contributed by atoms with Crippen LogP contribution in [0.3, 0.4) is 0 Å². The summed E-state index contributed by atoms with van der Waals surface area (Å²) in [5.41, 5.74) is 4.75. The fourth-order valence-corrected chi connectivity index (χ4v) is 2.30. The molecule has 2 rings (SSSR count). The van der Waals surface area contributed by atoms with Crippen LogP contribution in [0.2, 0.25) is 0 Å². The number of nitrogens with zero attached hydrogens (tertiary/aromatic N) is 2. The van der Waals surface area contributed by atoms with Gasteiger partial charge in [-0.2, -0.15) is 0 Å². The quantitative estimate of drug-likeness (QED) is 0.560. The van der Waals surface area contributed by atoms with E-state index in [1.165, 1.54) is 0 Å². The zero-order valence-corrected chi connectivity index (χ0v) is 14.6. The van der Waals surface area contributed by atoms with Crippen LogP contribution in [0.4, 0.5) is 0 Å². The molecule has 0 aliphatic heterocycles. The van der Waals surface area contributed by atoms with Gasteiger partial charge in [0.05, 0.1) is 0 Å². The van der Waals surface area contributed by atoms with Crippen molar-refractivity contribution >= 4 is 17.4 Å². The van der Waals surface area contributed by atoms with Gasteiger partial charge in [0.15, 0.2) is 0 Å². The summed E-state index contributed by atoms with van der Waals surface area (Å²) in [6, 6.07) is 18.2. The van der Waals surface area contributed by atoms with E-state index < -0.39 is 0 Å². The molecule has 0 radical (unpaired) electrons. The van der Waals surface area contributed by atoms with Gasteiger partial charge >= 0.3 is 0 Å². The normalized spacial score (nSPS) is 11.9. The number of allylic oxidation sites excluding steroid dienone is 1. The highest BCUT2D eigenvalue weighted by Gasteiger charge is 2.11. The number of oxime groups is 1. The Labute approximate surface area is 144 Å². The van der Waals surface area contributed by atoms with E-state index in [1.807, 2.05) is 42.5 Å². The monoisotopic (exact) mass is 320 g/mol. The average molecular weight is 320 g/mol. The van der Waals surface area contributed by atoms with Gasteiger partial charge < -0.3 is 9.74 Å². The molecule has 0 N–H and O–H groups in total. The number of rotatable bonds is 7. The van der Waals surface area contributed by atoms with Crippen LogP contribution in [0.15, 0.2) is 72.4 Å².